The summed E-state index contributed by atoms with van der Waals surface area (Å²) in [5.41, 5.74) is 6.26. The number of nitrogens with zero attached hydrogens (tertiary/aromatic N) is 3. The van der Waals surface area contributed by atoms with E-state index in [0.717, 1.165) is 33.3 Å². The lowest BCUT2D eigenvalue weighted by Crippen LogP contribution is -2.27. The fourth-order valence-electron chi connectivity index (χ4n) is 5.20. The first-order valence-corrected chi connectivity index (χ1v) is 13.6. The van der Waals surface area contributed by atoms with Gasteiger partial charge in [-0.1, -0.05) is 72.3 Å². The topological polar surface area (TPSA) is 45.6 Å². The van der Waals surface area contributed by atoms with E-state index in [1.165, 1.54) is 17.1 Å². The SMILES string of the molecule is Cc1nc2cc(Cl)ccc2c(-c2ccccc2)c1C1=NN(C(=O)c2ccccc2Br)[C@H](c2cccc(F)c2)C1. The number of benzene rings is 4. The molecule has 4 nitrogen and oxygen atoms in total. The Labute approximate surface area is 238 Å². The highest BCUT2D eigenvalue weighted by Gasteiger charge is 2.36. The first-order valence-electron chi connectivity index (χ1n) is 12.5. The molecule has 192 valence electrons. The van der Waals surface area contributed by atoms with Crippen molar-refractivity contribution in [3.63, 3.8) is 0 Å². The summed E-state index contributed by atoms with van der Waals surface area (Å²) in [6.07, 6.45) is 0.404. The van der Waals surface area contributed by atoms with Crippen molar-refractivity contribution in [2.24, 2.45) is 5.10 Å². The smallest absolute Gasteiger partial charge is 0.267 e. The first-order chi connectivity index (χ1) is 18.9. The molecule has 0 unspecified atom stereocenters. The van der Waals surface area contributed by atoms with Gasteiger partial charge in [0, 0.05) is 38.1 Å². The van der Waals surface area contributed by atoms with Gasteiger partial charge in [-0.3, -0.25) is 9.78 Å². The van der Waals surface area contributed by atoms with Crippen molar-refractivity contribution in [3.8, 4) is 11.1 Å². The highest BCUT2D eigenvalue weighted by Crippen LogP contribution is 2.40. The minimum absolute atomic E-state index is 0.272. The van der Waals surface area contributed by atoms with E-state index in [4.69, 9.17) is 21.7 Å². The van der Waals surface area contributed by atoms with Gasteiger partial charge in [0.25, 0.3) is 5.91 Å². The summed E-state index contributed by atoms with van der Waals surface area (Å²) in [6.45, 7) is 1.94. The molecule has 0 N–H and O–H groups in total. The molecule has 5 aromatic rings. The molecule has 1 aliphatic rings. The third-order valence-electron chi connectivity index (χ3n) is 6.94. The fourth-order valence-corrected chi connectivity index (χ4v) is 5.82. The van der Waals surface area contributed by atoms with Crippen molar-refractivity contribution in [1.82, 2.24) is 9.99 Å². The Morgan fingerprint density at radius 3 is 2.49 bits per heavy atom. The van der Waals surface area contributed by atoms with Gasteiger partial charge in [0.2, 0.25) is 0 Å². The second kappa shape index (κ2) is 10.4. The van der Waals surface area contributed by atoms with Gasteiger partial charge in [0.15, 0.2) is 0 Å². The van der Waals surface area contributed by atoms with E-state index in [0.29, 0.717) is 32.8 Å². The maximum absolute atomic E-state index is 14.3. The summed E-state index contributed by atoms with van der Waals surface area (Å²) in [5.74, 6) is -0.633. The quantitative estimate of drug-likeness (QED) is 0.208. The predicted octanol–water partition coefficient (Wildman–Crippen LogP) is 8.76. The number of amides is 1. The lowest BCUT2D eigenvalue weighted by Gasteiger charge is -2.22. The van der Waals surface area contributed by atoms with Crippen molar-refractivity contribution in [3.05, 3.63) is 135 Å². The fraction of sp³-hybridized carbons (Fsp3) is 0.0938. The lowest BCUT2D eigenvalue weighted by atomic mass is 9.89. The molecular weight excluding hydrogens is 577 g/mol. The summed E-state index contributed by atoms with van der Waals surface area (Å²) >= 11 is 9.82. The molecule has 0 fully saturated rings. The summed E-state index contributed by atoms with van der Waals surface area (Å²) in [5, 5.41) is 7.95. The van der Waals surface area contributed by atoms with Crippen LogP contribution in [-0.4, -0.2) is 21.6 Å². The standard InChI is InChI=1S/C32H22BrClFN3O/c1-19-30(31(20-8-3-2-4-9-20)25-15-14-22(34)17-27(25)36-19)28-18-29(21-10-7-11-23(35)16-21)38(37-28)32(39)24-12-5-6-13-26(24)33/h2-17,29H,18H2,1H3/t29-/m0/s1. The van der Waals surface area contributed by atoms with Gasteiger partial charge in [-0.15, -0.1) is 0 Å². The van der Waals surface area contributed by atoms with Crippen LogP contribution in [0.15, 0.2) is 107 Å². The Hall–Kier alpha value is -3.87. The van der Waals surface area contributed by atoms with Gasteiger partial charge in [-0.05, 0) is 70.4 Å². The van der Waals surface area contributed by atoms with Crippen LogP contribution < -0.4 is 0 Å². The number of pyridine rings is 1. The number of aryl methyl sites for hydroxylation is 1. The van der Waals surface area contributed by atoms with Crippen LogP contribution in [-0.2, 0) is 0 Å². The highest BCUT2D eigenvalue weighted by atomic mass is 79.9. The molecule has 1 aromatic heterocycles. The first kappa shape index (κ1) is 25.4. The highest BCUT2D eigenvalue weighted by molar-refractivity contribution is 9.10. The van der Waals surface area contributed by atoms with Crippen LogP contribution in [0, 0.1) is 12.7 Å². The van der Waals surface area contributed by atoms with Crippen LogP contribution in [0.1, 0.15) is 39.6 Å². The van der Waals surface area contributed by atoms with E-state index < -0.39 is 6.04 Å². The Kier molecular flexibility index (Phi) is 6.75. The predicted molar refractivity (Wildman–Crippen MR) is 158 cm³/mol. The maximum Gasteiger partial charge on any atom is 0.275 e. The summed E-state index contributed by atoms with van der Waals surface area (Å²) in [7, 11) is 0. The molecule has 0 radical (unpaired) electrons. The molecule has 0 saturated carbocycles. The number of aromatic nitrogens is 1. The van der Waals surface area contributed by atoms with Crippen LogP contribution in [0.3, 0.4) is 0 Å². The van der Waals surface area contributed by atoms with Crippen molar-refractivity contribution < 1.29 is 9.18 Å². The Bertz CT molecular complexity index is 1770. The molecule has 7 heteroatoms. The molecule has 1 aliphatic heterocycles. The Morgan fingerprint density at radius 2 is 1.72 bits per heavy atom. The number of hydrogen-bond donors (Lipinski definition) is 0. The Morgan fingerprint density at radius 1 is 0.949 bits per heavy atom. The number of carbonyl (C=O) groups is 1. The zero-order chi connectivity index (χ0) is 27.1. The molecule has 6 rings (SSSR count). The zero-order valence-corrected chi connectivity index (χ0v) is 23.2. The molecule has 0 bridgehead atoms. The van der Waals surface area contributed by atoms with Gasteiger partial charge >= 0.3 is 0 Å². The molecule has 0 saturated heterocycles. The van der Waals surface area contributed by atoms with E-state index >= 15 is 0 Å². The second-order valence-electron chi connectivity index (χ2n) is 9.43. The van der Waals surface area contributed by atoms with Gasteiger partial charge in [-0.2, -0.15) is 5.10 Å². The average molecular weight is 599 g/mol. The summed E-state index contributed by atoms with van der Waals surface area (Å²) in [6, 6.07) is 28.8. The van der Waals surface area contributed by atoms with E-state index in [1.807, 2.05) is 67.6 Å². The second-order valence-corrected chi connectivity index (χ2v) is 10.7. The molecule has 2 heterocycles. The number of halogens is 3. The van der Waals surface area contributed by atoms with Crippen LogP contribution in [0.2, 0.25) is 5.02 Å². The van der Waals surface area contributed by atoms with Gasteiger partial charge in [-0.25, -0.2) is 9.40 Å². The molecule has 1 amide bonds. The molecule has 4 aromatic carbocycles. The van der Waals surface area contributed by atoms with Crippen LogP contribution >= 0.6 is 27.5 Å². The number of carbonyl (C=O) groups excluding carboxylic acids is 1. The minimum Gasteiger partial charge on any atom is -0.267 e. The third kappa shape index (κ3) is 4.75. The minimum atomic E-state index is -0.487. The monoisotopic (exact) mass is 597 g/mol. The molecule has 1 atom stereocenters. The number of fused-ring (bicyclic) bond motifs is 1. The molecule has 0 aliphatic carbocycles. The largest absolute Gasteiger partial charge is 0.275 e. The van der Waals surface area contributed by atoms with Crippen LogP contribution in [0.25, 0.3) is 22.0 Å². The van der Waals surface area contributed by atoms with Gasteiger partial charge in [0.05, 0.1) is 22.8 Å². The van der Waals surface area contributed by atoms with E-state index in [-0.39, 0.29) is 11.7 Å². The lowest BCUT2D eigenvalue weighted by molar-refractivity contribution is 0.0710. The number of hydrazone groups is 1. The number of rotatable bonds is 4. The summed E-state index contributed by atoms with van der Waals surface area (Å²) in [4.78, 5) is 18.8. The zero-order valence-electron chi connectivity index (χ0n) is 20.9. The van der Waals surface area contributed by atoms with Crippen molar-refractivity contribution in [2.45, 2.75) is 19.4 Å². The van der Waals surface area contributed by atoms with Crippen LogP contribution in [0.5, 0.6) is 0 Å². The van der Waals surface area contributed by atoms with Crippen molar-refractivity contribution in [1.29, 1.82) is 0 Å². The van der Waals surface area contributed by atoms with E-state index in [9.17, 15) is 9.18 Å². The van der Waals surface area contributed by atoms with Gasteiger partial charge in [0.1, 0.15) is 5.82 Å². The Balaban J connectivity index is 1.57. The van der Waals surface area contributed by atoms with Crippen molar-refractivity contribution >= 4 is 50.1 Å². The van der Waals surface area contributed by atoms with E-state index in [2.05, 4.69) is 28.1 Å². The van der Waals surface area contributed by atoms with E-state index in [1.54, 1.807) is 12.1 Å². The third-order valence-corrected chi connectivity index (χ3v) is 7.86. The van der Waals surface area contributed by atoms with Crippen molar-refractivity contribution in [2.75, 3.05) is 0 Å². The average Bonchev–Trinajstić information content (AvgIpc) is 3.37. The molecule has 0 spiro atoms. The van der Waals surface area contributed by atoms with Gasteiger partial charge < -0.3 is 0 Å². The van der Waals surface area contributed by atoms with Crippen LogP contribution in [0.4, 0.5) is 4.39 Å². The molecule has 39 heavy (non-hydrogen) atoms. The summed E-state index contributed by atoms with van der Waals surface area (Å²) < 4.78 is 15.0. The molecular formula is C32H22BrClFN3O. The number of hydrogen-bond acceptors (Lipinski definition) is 3. The normalized spacial score (nSPS) is 15.0. The maximum atomic E-state index is 14.3.